The van der Waals surface area contributed by atoms with Crippen LogP contribution in [0.15, 0.2) is 0 Å². The van der Waals surface area contributed by atoms with E-state index in [-0.39, 0.29) is 35.6 Å². The number of hydrogen-bond acceptors (Lipinski definition) is 6. The average molecular weight is 535 g/mol. The number of fused-ring (bicyclic) bond motifs is 9. The normalized spacial score (nSPS) is 38.3. The maximum Gasteiger partial charge on any atom is 0.289 e. The Labute approximate surface area is 230 Å². The lowest BCUT2D eigenvalue weighted by atomic mass is 9.68. The summed E-state index contributed by atoms with van der Waals surface area (Å²) in [5.41, 5.74) is 0. The standard InChI is InChI=1S/C30H42N6O3/c37-28(31-22-13-16-1-7-19(22)8-2-16)25-34-26(29(38)32-23-14-17-3-9-20(23)10-4-17)36-27(35-25)30(39)33-24-15-18-5-11-21(24)12-6-18/h16-24H,1-15H2,(H,31,37)(H,32,38)(H,33,39). The largest absolute Gasteiger partial charge is 0.346 e. The van der Waals surface area contributed by atoms with Crippen molar-refractivity contribution < 1.29 is 14.4 Å². The molecule has 3 amide bonds. The highest BCUT2D eigenvalue weighted by Gasteiger charge is 2.40. The fraction of sp³-hybridized carbons (Fsp3) is 0.800. The van der Waals surface area contributed by atoms with Crippen molar-refractivity contribution in [1.82, 2.24) is 30.9 Å². The molecule has 1 aromatic rings. The molecule has 9 aliphatic rings. The van der Waals surface area contributed by atoms with Gasteiger partial charge in [0.15, 0.2) is 0 Å². The van der Waals surface area contributed by atoms with Crippen molar-refractivity contribution in [2.24, 2.45) is 35.5 Å². The zero-order valence-electron chi connectivity index (χ0n) is 22.9. The van der Waals surface area contributed by atoms with E-state index < -0.39 is 17.7 Å². The number of aromatic nitrogens is 3. The molecule has 0 aromatic carbocycles. The number of amides is 3. The van der Waals surface area contributed by atoms with E-state index in [2.05, 4.69) is 30.9 Å². The Balaban J connectivity index is 1.11. The number of nitrogens with zero attached hydrogens (tertiary/aromatic N) is 3. The zero-order valence-corrected chi connectivity index (χ0v) is 22.9. The summed E-state index contributed by atoms with van der Waals surface area (Å²) >= 11 is 0. The molecule has 210 valence electrons. The van der Waals surface area contributed by atoms with Crippen molar-refractivity contribution in [2.45, 2.75) is 114 Å². The Bertz CT molecular complexity index is 967. The Kier molecular flexibility index (Phi) is 6.79. The van der Waals surface area contributed by atoms with Gasteiger partial charge < -0.3 is 16.0 Å². The van der Waals surface area contributed by atoms with Gasteiger partial charge in [-0.2, -0.15) is 15.0 Å². The maximum atomic E-state index is 13.4. The van der Waals surface area contributed by atoms with Crippen molar-refractivity contribution in [3.63, 3.8) is 0 Å². The van der Waals surface area contributed by atoms with Crippen LogP contribution in [0.3, 0.4) is 0 Å². The summed E-state index contributed by atoms with van der Waals surface area (Å²) in [5, 5.41) is 9.45. The first-order chi connectivity index (χ1) is 19.0. The highest BCUT2D eigenvalue weighted by molar-refractivity contribution is 5.97. The van der Waals surface area contributed by atoms with Crippen molar-refractivity contribution >= 4 is 17.7 Å². The van der Waals surface area contributed by atoms with Gasteiger partial charge in [-0.05, 0) is 93.3 Å². The lowest BCUT2D eigenvalue weighted by Crippen LogP contribution is -2.49. The van der Waals surface area contributed by atoms with E-state index in [1.165, 1.54) is 38.5 Å². The monoisotopic (exact) mass is 534 g/mol. The number of carbonyl (C=O) groups is 3. The Morgan fingerprint density at radius 1 is 0.436 bits per heavy atom. The van der Waals surface area contributed by atoms with Gasteiger partial charge >= 0.3 is 0 Å². The van der Waals surface area contributed by atoms with E-state index >= 15 is 0 Å². The van der Waals surface area contributed by atoms with Gasteiger partial charge in [-0.25, -0.2) is 0 Å². The van der Waals surface area contributed by atoms with Gasteiger partial charge in [0, 0.05) is 18.1 Å². The van der Waals surface area contributed by atoms with Crippen molar-refractivity contribution in [2.75, 3.05) is 0 Å². The van der Waals surface area contributed by atoms with Crippen LogP contribution in [-0.2, 0) is 0 Å². The van der Waals surface area contributed by atoms with E-state index in [4.69, 9.17) is 0 Å². The minimum Gasteiger partial charge on any atom is -0.346 e. The minimum absolute atomic E-state index is 0.104. The molecule has 39 heavy (non-hydrogen) atoms. The molecule has 1 aromatic heterocycles. The molecule has 9 heteroatoms. The molecular formula is C30H42N6O3. The Morgan fingerprint density at radius 2 is 0.692 bits per heavy atom. The van der Waals surface area contributed by atoms with E-state index in [0.717, 1.165) is 57.8 Å². The highest BCUT2D eigenvalue weighted by atomic mass is 16.2. The van der Waals surface area contributed by atoms with Crippen LogP contribution < -0.4 is 16.0 Å². The van der Waals surface area contributed by atoms with Gasteiger partial charge in [0.1, 0.15) is 0 Å². The summed E-state index contributed by atoms with van der Waals surface area (Å²) in [6.07, 6.45) is 17.2. The number of hydrogen-bond donors (Lipinski definition) is 3. The Hall–Kier alpha value is -2.58. The van der Waals surface area contributed by atoms with Crippen LogP contribution in [-0.4, -0.2) is 50.8 Å². The molecule has 0 spiro atoms. The third-order valence-electron chi connectivity index (χ3n) is 11.3. The molecule has 10 rings (SSSR count). The lowest BCUT2D eigenvalue weighted by Gasteiger charge is -2.42. The topological polar surface area (TPSA) is 126 Å². The summed E-state index contributed by atoms with van der Waals surface area (Å²) in [6, 6.07) is 0.311. The molecule has 3 unspecified atom stereocenters. The van der Waals surface area contributed by atoms with Crippen LogP contribution in [0, 0.1) is 35.5 Å². The lowest BCUT2D eigenvalue weighted by molar-refractivity contribution is 0.0787. The second-order valence-electron chi connectivity index (χ2n) is 13.6. The molecule has 0 saturated heterocycles. The average Bonchev–Trinajstić information content (AvgIpc) is 2.99. The molecule has 0 radical (unpaired) electrons. The molecule has 3 atom stereocenters. The quantitative estimate of drug-likeness (QED) is 0.510. The second-order valence-corrected chi connectivity index (χ2v) is 13.6. The van der Waals surface area contributed by atoms with E-state index in [0.29, 0.717) is 35.5 Å². The summed E-state index contributed by atoms with van der Waals surface area (Å²) in [6.45, 7) is 0. The SMILES string of the molecule is O=C(NC1CC2CCC1CC2)c1nc(C(=O)NC2CC3CCC2CC3)nc(C(=O)NC2CC3CCC2CC3)n1. The maximum absolute atomic E-state index is 13.4. The Morgan fingerprint density at radius 3 is 0.897 bits per heavy atom. The zero-order chi connectivity index (χ0) is 26.5. The summed E-state index contributed by atoms with van der Waals surface area (Å²) in [4.78, 5) is 53.2. The van der Waals surface area contributed by atoms with Gasteiger partial charge in [0.2, 0.25) is 17.5 Å². The summed E-state index contributed by atoms with van der Waals surface area (Å²) in [5.74, 6) is 1.82. The van der Waals surface area contributed by atoms with Crippen LogP contribution >= 0.6 is 0 Å². The van der Waals surface area contributed by atoms with Crippen LogP contribution in [0.5, 0.6) is 0 Å². The van der Waals surface area contributed by atoms with Crippen molar-refractivity contribution in [3.8, 4) is 0 Å². The first-order valence-corrected chi connectivity index (χ1v) is 15.7. The third kappa shape index (κ3) is 5.18. The van der Waals surface area contributed by atoms with Gasteiger partial charge in [-0.15, -0.1) is 0 Å². The highest BCUT2D eigenvalue weighted by Crippen LogP contribution is 2.43. The van der Waals surface area contributed by atoms with Crippen LogP contribution in [0.1, 0.15) is 128 Å². The van der Waals surface area contributed by atoms with Gasteiger partial charge in [0.25, 0.3) is 17.7 Å². The van der Waals surface area contributed by atoms with E-state index in [1.807, 2.05) is 0 Å². The van der Waals surface area contributed by atoms with E-state index in [1.54, 1.807) is 0 Å². The van der Waals surface area contributed by atoms with Gasteiger partial charge in [0.05, 0.1) is 0 Å². The molecule has 3 N–H and O–H groups in total. The smallest absolute Gasteiger partial charge is 0.289 e. The molecule has 9 aliphatic carbocycles. The minimum atomic E-state index is -0.411. The number of rotatable bonds is 6. The number of nitrogens with one attached hydrogen (secondary N) is 3. The van der Waals surface area contributed by atoms with Crippen molar-refractivity contribution in [3.05, 3.63) is 17.5 Å². The fourth-order valence-corrected chi connectivity index (χ4v) is 9.04. The second kappa shape index (κ2) is 10.4. The number of carbonyl (C=O) groups excluding carboxylic acids is 3. The van der Waals surface area contributed by atoms with Gasteiger partial charge in [-0.3, -0.25) is 14.4 Å². The van der Waals surface area contributed by atoms with Crippen LogP contribution in [0.4, 0.5) is 0 Å². The predicted molar refractivity (Wildman–Crippen MR) is 144 cm³/mol. The molecule has 9 fully saturated rings. The first-order valence-electron chi connectivity index (χ1n) is 15.7. The third-order valence-corrected chi connectivity index (χ3v) is 11.3. The van der Waals surface area contributed by atoms with Crippen LogP contribution in [0.2, 0.25) is 0 Å². The fourth-order valence-electron chi connectivity index (χ4n) is 9.04. The summed E-state index contributed by atoms with van der Waals surface area (Å²) < 4.78 is 0. The van der Waals surface area contributed by atoms with Gasteiger partial charge in [-0.1, -0.05) is 38.5 Å². The molecular weight excluding hydrogens is 492 g/mol. The molecule has 9 saturated carbocycles. The molecule has 0 aliphatic heterocycles. The van der Waals surface area contributed by atoms with Crippen LogP contribution in [0.25, 0.3) is 0 Å². The molecule has 1 heterocycles. The van der Waals surface area contributed by atoms with E-state index in [9.17, 15) is 14.4 Å². The summed E-state index contributed by atoms with van der Waals surface area (Å²) in [7, 11) is 0. The molecule has 6 bridgehead atoms. The molecule has 9 nitrogen and oxygen atoms in total. The first kappa shape index (κ1) is 25.4. The van der Waals surface area contributed by atoms with Crippen molar-refractivity contribution in [1.29, 1.82) is 0 Å². The predicted octanol–water partition coefficient (Wildman–Crippen LogP) is 3.80.